The Kier molecular flexibility index (Phi) is 5.00. The van der Waals surface area contributed by atoms with Crippen molar-refractivity contribution < 1.29 is 13.2 Å². The molecule has 2 heterocycles. The van der Waals surface area contributed by atoms with Gasteiger partial charge in [-0.25, -0.2) is 8.42 Å². The van der Waals surface area contributed by atoms with E-state index in [4.69, 9.17) is 4.74 Å². The van der Waals surface area contributed by atoms with Crippen LogP contribution in [0.4, 0.5) is 0 Å². The fraction of sp³-hybridized carbons (Fsp3) is 1.00. The molecule has 0 aliphatic carbocycles. The minimum atomic E-state index is -2.76. The first kappa shape index (κ1) is 14.2. The number of hydrogen-bond donors (Lipinski definition) is 1. The van der Waals surface area contributed by atoms with Crippen molar-refractivity contribution in [2.24, 2.45) is 0 Å². The highest BCUT2D eigenvalue weighted by Gasteiger charge is 2.29. The number of nitrogens with one attached hydrogen (secondary N) is 1. The molecule has 0 aromatic heterocycles. The van der Waals surface area contributed by atoms with Crippen molar-refractivity contribution in [1.29, 1.82) is 0 Å². The van der Waals surface area contributed by atoms with Crippen LogP contribution in [0.2, 0.25) is 0 Å². The highest BCUT2D eigenvalue weighted by atomic mass is 32.2. The monoisotopic (exact) mass is 276 g/mol. The summed E-state index contributed by atoms with van der Waals surface area (Å²) >= 11 is 0. The van der Waals surface area contributed by atoms with Crippen LogP contribution >= 0.6 is 0 Å². The van der Waals surface area contributed by atoms with Crippen molar-refractivity contribution in [3.8, 4) is 0 Å². The van der Waals surface area contributed by atoms with E-state index in [1.165, 1.54) is 0 Å². The Morgan fingerprint density at radius 2 is 1.89 bits per heavy atom. The smallest absolute Gasteiger partial charge is 0.152 e. The van der Waals surface area contributed by atoms with Crippen LogP contribution in [0.25, 0.3) is 0 Å². The van der Waals surface area contributed by atoms with Gasteiger partial charge in [0.1, 0.15) is 0 Å². The molecule has 0 radical (unpaired) electrons. The number of ether oxygens (including phenoxy) is 1. The molecule has 0 aromatic rings. The largest absolute Gasteiger partial charge is 0.372 e. The third-order valence-electron chi connectivity index (χ3n) is 3.72. The van der Waals surface area contributed by atoms with Crippen molar-refractivity contribution >= 4 is 9.84 Å². The first-order chi connectivity index (χ1) is 8.59. The zero-order chi connectivity index (χ0) is 13.0. The van der Waals surface area contributed by atoms with E-state index in [0.29, 0.717) is 30.7 Å². The summed E-state index contributed by atoms with van der Waals surface area (Å²) in [6.07, 6.45) is 2.83. The van der Waals surface area contributed by atoms with Gasteiger partial charge in [-0.1, -0.05) is 6.92 Å². The highest BCUT2D eigenvalue weighted by molar-refractivity contribution is 7.91. The Labute approximate surface area is 110 Å². The van der Waals surface area contributed by atoms with Gasteiger partial charge < -0.3 is 10.1 Å². The summed E-state index contributed by atoms with van der Waals surface area (Å²) in [5.74, 6) is 0.612. The Hall–Kier alpha value is -0.170. The molecule has 0 saturated carbocycles. The molecule has 0 amide bonds. The van der Waals surface area contributed by atoms with Gasteiger partial charge in [0.05, 0.1) is 23.7 Å². The summed E-state index contributed by atoms with van der Waals surface area (Å²) < 4.78 is 28.6. The molecule has 106 valence electrons. The van der Waals surface area contributed by atoms with E-state index in [0.717, 1.165) is 32.5 Å². The Bertz CT molecular complexity index is 344. The lowest BCUT2D eigenvalue weighted by atomic mass is 10.2. The molecule has 18 heavy (non-hydrogen) atoms. The first-order valence-electron chi connectivity index (χ1n) is 6.88. The average Bonchev–Trinajstić information content (AvgIpc) is 2.77. The van der Waals surface area contributed by atoms with Crippen LogP contribution in [0.5, 0.6) is 0 Å². The summed E-state index contributed by atoms with van der Waals surface area (Å²) in [4.78, 5) is 2.22. The summed E-state index contributed by atoms with van der Waals surface area (Å²) in [5, 5.41) is 3.31. The number of nitrogens with zero attached hydrogens (tertiary/aromatic N) is 1. The minimum Gasteiger partial charge on any atom is -0.372 e. The second-order valence-electron chi connectivity index (χ2n) is 5.22. The fourth-order valence-electron chi connectivity index (χ4n) is 2.59. The molecular formula is C12H24N2O3S. The minimum absolute atomic E-state index is 0.287. The van der Waals surface area contributed by atoms with Crippen molar-refractivity contribution in [2.45, 2.75) is 32.0 Å². The molecule has 1 N–H and O–H groups in total. The summed E-state index contributed by atoms with van der Waals surface area (Å²) in [5.41, 5.74) is 0. The molecular weight excluding hydrogens is 252 g/mol. The predicted molar refractivity (Wildman–Crippen MR) is 71.5 cm³/mol. The molecule has 0 spiro atoms. The maximum absolute atomic E-state index is 11.3. The molecule has 2 aliphatic rings. The quantitative estimate of drug-likeness (QED) is 0.758. The van der Waals surface area contributed by atoms with E-state index in [2.05, 4.69) is 17.1 Å². The van der Waals surface area contributed by atoms with Crippen molar-refractivity contribution in [2.75, 3.05) is 44.2 Å². The van der Waals surface area contributed by atoms with Gasteiger partial charge in [-0.15, -0.1) is 0 Å². The lowest BCUT2D eigenvalue weighted by molar-refractivity contribution is 0.0251. The molecule has 2 fully saturated rings. The van der Waals surface area contributed by atoms with Gasteiger partial charge in [-0.05, 0) is 19.4 Å². The van der Waals surface area contributed by atoms with E-state index >= 15 is 0 Å². The molecule has 2 aliphatic heterocycles. The van der Waals surface area contributed by atoms with Gasteiger partial charge in [0.25, 0.3) is 0 Å². The van der Waals surface area contributed by atoms with Gasteiger partial charge in [-0.2, -0.15) is 0 Å². The molecule has 6 heteroatoms. The van der Waals surface area contributed by atoms with E-state index in [1.807, 2.05) is 0 Å². The number of rotatable bonds is 5. The summed E-state index contributed by atoms with van der Waals surface area (Å²) in [7, 11) is -2.76. The molecule has 0 aromatic carbocycles. The molecule has 0 bridgehead atoms. The Balaban J connectivity index is 1.69. The molecule has 5 nitrogen and oxygen atoms in total. The Morgan fingerprint density at radius 1 is 1.22 bits per heavy atom. The average molecular weight is 276 g/mol. The number of hydrogen-bond acceptors (Lipinski definition) is 5. The Morgan fingerprint density at radius 3 is 2.56 bits per heavy atom. The van der Waals surface area contributed by atoms with Crippen molar-refractivity contribution in [1.82, 2.24) is 10.2 Å². The first-order valence-corrected chi connectivity index (χ1v) is 8.70. The second-order valence-corrected chi connectivity index (χ2v) is 7.52. The third kappa shape index (κ3) is 4.19. The number of likely N-dealkylation sites (N-methyl/N-ethyl adjacent to an activating group) is 1. The SMILES string of the molecule is CCNCC1CCC(CN2CCS(=O)(=O)CC2)O1. The van der Waals surface area contributed by atoms with E-state index < -0.39 is 9.84 Å². The van der Waals surface area contributed by atoms with Crippen molar-refractivity contribution in [3.05, 3.63) is 0 Å². The van der Waals surface area contributed by atoms with Crippen LogP contribution < -0.4 is 5.32 Å². The van der Waals surface area contributed by atoms with Crippen LogP contribution in [0.15, 0.2) is 0 Å². The van der Waals surface area contributed by atoms with Crippen molar-refractivity contribution in [3.63, 3.8) is 0 Å². The van der Waals surface area contributed by atoms with Gasteiger partial charge in [-0.3, -0.25) is 4.90 Å². The summed E-state index contributed by atoms with van der Waals surface area (Å²) in [6.45, 7) is 6.23. The zero-order valence-corrected chi connectivity index (χ0v) is 11.9. The van der Waals surface area contributed by atoms with Crippen LogP contribution in [-0.2, 0) is 14.6 Å². The lowest BCUT2D eigenvalue weighted by Gasteiger charge is -2.28. The third-order valence-corrected chi connectivity index (χ3v) is 5.33. The maximum Gasteiger partial charge on any atom is 0.152 e. The van der Waals surface area contributed by atoms with E-state index in [-0.39, 0.29) is 6.10 Å². The highest BCUT2D eigenvalue weighted by Crippen LogP contribution is 2.20. The lowest BCUT2D eigenvalue weighted by Crippen LogP contribution is -2.43. The van der Waals surface area contributed by atoms with Gasteiger partial charge in [0, 0.05) is 26.2 Å². The van der Waals surface area contributed by atoms with E-state index in [9.17, 15) is 8.42 Å². The molecule has 2 unspecified atom stereocenters. The predicted octanol–water partition coefficient (Wildman–Crippen LogP) is -0.126. The second kappa shape index (κ2) is 6.32. The standard InChI is InChI=1S/C12H24N2O3S/c1-2-13-9-11-3-4-12(17-11)10-14-5-7-18(15,16)8-6-14/h11-13H,2-10H2,1H3. The summed E-state index contributed by atoms with van der Waals surface area (Å²) in [6, 6.07) is 0. The number of sulfone groups is 1. The normalized spacial score (nSPS) is 32.7. The topological polar surface area (TPSA) is 58.6 Å². The van der Waals surface area contributed by atoms with Crippen LogP contribution in [-0.4, -0.2) is 69.8 Å². The van der Waals surface area contributed by atoms with Gasteiger partial charge in [0.15, 0.2) is 9.84 Å². The molecule has 2 atom stereocenters. The van der Waals surface area contributed by atoms with Gasteiger partial charge in [0.2, 0.25) is 0 Å². The molecule has 2 rings (SSSR count). The van der Waals surface area contributed by atoms with Crippen LogP contribution in [0.1, 0.15) is 19.8 Å². The van der Waals surface area contributed by atoms with E-state index in [1.54, 1.807) is 0 Å². The fourth-order valence-corrected chi connectivity index (χ4v) is 3.87. The van der Waals surface area contributed by atoms with Crippen LogP contribution in [0, 0.1) is 0 Å². The zero-order valence-electron chi connectivity index (χ0n) is 11.1. The molecule has 2 saturated heterocycles. The van der Waals surface area contributed by atoms with Gasteiger partial charge >= 0.3 is 0 Å². The van der Waals surface area contributed by atoms with Crippen LogP contribution in [0.3, 0.4) is 0 Å². The maximum atomic E-state index is 11.3.